The molecule has 0 spiro atoms. The molecule has 0 unspecified atom stereocenters. The molecule has 5 nitrogen and oxygen atoms in total. The Labute approximate surface area is 138 Å². The van der Waals surface area contributed by atoms with Gasteiger partial charge < -0.3 is 9.64 Å². The fraction of sp³-hybridized carbons (Fsp3) is 0.353. The molecule has 1 aliphatic heterocycles. The Morgan fingerprint density at radius 2 is 1.88 bits per heavy atom. The molecule has 1 aromatic heterocycles. The molecule has 126 valence electrons. The van der Waals surface area contributed by atoms with E-state index >= 15 is 0 Å². The van der Waals surface area contributed by atoms with Gasteiger partial charge in [-0.3, -0.25) is 4.79 Å². The van der Waals surface area contributed by atoms with Crippen molar-refractivity contribution >= 4 is 5.91 Å². The Balaban J connectivity index is 1.69. The third kappa shape index (κ3) is 3.20. The molecule has 7 heteroatoms. The van der Waals surface area contributed by atoms with E-state index < -0.39 is 11.6 Å². The lowest BCUT2D eigenvalue weighted by Crippen LogP contribution is -2.38. The van der Waals surface area contributed by atoms with E-state index in [9.17, 15) is 13.6 Å². The van der Waals surface area contributed by atoms with Crippen LogP contribution in [0.2, 0.25) is 0 Å². The van der Waals surface area contributed by atoms with Gasteiger partial charge in [0.25, 0.3) is 5.91 Å². The van der Waals surface area contributed by atoms with Crippen molar-refractivity contribution in [2.24, 2.45) is 0 Å². The van der Waals surface area contributed by atoms with Crippen molar-refractivity contribution < 1.29 is 18.3 Å². The highest BCUT2D eigenvalue weighted by Crippen LogP contribution is 2.32. The number of aromatic nitrogens is 2. The summed E-state index contributed by atoms with van der Waals surface area (Å²) in [6, 6.07) is 5.37. The maximum atomic E-state index is 13.9. The van der Waals surface area contributed by atoms with Gasteiger partial charge in [0.05, 0.1) is 7.11 Å². The lowest BCUT2D eigenvalue weighted by Gasteiger charge is -2.32. The van der Waals surface area contributed by atoms with E-state index in [1.807, 2.05) is 0 Å². The molecule has 1 amide bonds. The summed E-state index contributed by atoms with van der Waals surface area (Å²) in [5.41, 5.74) is 0.366. The normalized spacial score (nSPS) is 15.4. The van der Waals surface area contributed by atoms with Gasteiger partial charge >= 0.3 is 0 Å². The zero-order valence-corrected chi connectivity index (χ0v) is 13.2. The molecule has 1 fully saturated rings. The van der Waals surface area contributed by atoms with E-state index in [-0.39, 0.29) is 23.1 Å². The molecule has 1 aromatic carbocycles. The van der Waals surface area contributed by atoms with Crippen molar-refractivity contribution in [1.82, 2.24) is 14.9 Å². The molecule has 24 heavy (non-hydrogen) atoms. The summed E-state index contributed by atoms with van der Waals surface area (Å²) in [6.45, 7) is 0.840. The molecular weight excluding hydrogens is 316 g/mol. The number of hydrogen-bond acceptors (Lipinski definition) is 4. The van der Waals surface area contributed by atoms with Crippen molar-refractivity contribution in [3.05, 3.63) is 53.5 Å². The number of amides is 1. The second-order valence-corrected chi connectivity index (χ2v) is 5.65. The van der Waals surface area contributed by atoms with E-state index in [1.165, 1.54) is 37.7 Å². The molecule has 0 aliphatic carbocycles. The van der Waals surface area contributed by atoms with Crippen molar-refractivity contribution in [3.8, 4) is 5.88 Å². The SMILES string of the molecule is COc1cc(C(=O)N2CCC(c3c(F)cccc3F)CC2)ncn1. The number of ether oxygens (including phenoxy) is 1. The summed E-state index contributed by atoms with van der Waals surface area (Å²) in [6.07, 6.45) is 2.28. The van der Waals surface area contributed by atoms with Gasteiger partial charge in [0, 0.05) is 24.7 Å². The fourth-order valence-electron chi connectivity index (χ4n) is 3.00. The molecule has 0 atom stereocenters. The second-order valence-electron chi connectivity index (χ2n) is 5.65. The summed E-state index contributed by atoms with van der Waals surface area (Å²) < 4.78 is 32.8. The number of nitrogens with zero attached hydrogens (tertiary/aromatic N) is 3. The van der Waals surface area contributed by atoms with Crippen LogP contribution in [0.4, 0.5) is 8.78 Å². The Morgan fingerprint density at radius 1 is 1.21 bits per heavy atom. The number of benzene rings is 1. The predicted octanol–water partition coefficient (Wildman–Crippen LogP) is 2.78. The molecule has 0 saturated carbocycles. The molecule has 0 N–H and O–H groups in total. The van der Waals surface area contributed by atoms with Gasteiger partial charge in [0.15, 0.2) is 0 Å². The average Bonchev–Trinajstić information content (AvgIpc) is 2.61. The minimum absolute atomic E-state index is 0.119. The standard InChI is InChI=1S/C17H17F2N3O2/c1-24-15-9-14(20-10-21-15)17(23)22-7-5-11(6-8-22)16-12(18)3-2-4-13(16)19/h2-4,9-11H,5-8H2,1H3. The highest BCUT2D eigenvalue weighted by Gasteiger charge is 2.28. The summed E-state index contributed by atoms with van der Waals surface area (Å²) in [5.74, 6) is -1.20. The van der Waals surface area contributed by atoms with Crippen LogP contribution in [0.15, 0.2) is 30.6 Å². The molecule has 2 heterocycles. The number of hydrogen-bond donors (Lipinski definition) is 0. The van der Waals surface area contributed by atoms with Crippen molar-refractivity contribution in [3.63, 3.8) is 0 Å². The van der Waals surface area contributed by atoms with Crippen molar-refractivity contribution in [2.45, 2.75) is 18.8 Å². The second kappa shape index (κ2) is 6.90. The van der Waals surface area contributed by atoms with Crippen LogP contribution in [0.3, 0.4) is 0 Å². The molecular formula is C17H17F2N3O2. The van der Waals surface area contributed by atoms with Crippen molar-refractivity contribution in [2.75, 3.05) is 20.2 Å². The van der Waals surface area contributed by atoms with Gasteiger partial charge in [-0.15, -0.1) is 0 Å². The number of piperidine rings is 1. The molecule has 3 rings (SSSR count). The highest BCUT2D eigenvalue weighted by molar-refractivity contribution is 5.92. The third-order valence-electron chi connectivity index (χ3n) is 4.26. The highest BCUT2D eigenvalue weighted by atomic mass is 19.1. The molecule has 1 saturated heterocycles. The number of carbonyl (C=O) groups is 1. The van der Waals surface area contributed by atoms with E-state index in [2.05, 4.69) is 9.97 Å². The third-order valence-corrected chi connectivity index (χ3v) is 4.26. The van der Waals surface area contributed by atoms with Crippen LogP contribution >= 0.6 is 0 Å². The number of halogens is 2. The monoisotopic (exact) mass is 333 g/mol. The van der Waals surface area contributed by atoms with E-state index in [0.29, 0.717) is 31.8 Å². The summed E-state index contributed by atoms with van der Waals surface area (Å²) in [4.78, 5) is 21.9. The maximum Gasteiger partial charge on any atom is 0.272 e. The topological polar surface area (TPSA) is 55.3 Å². The zero-order valence-electron chi connectivity index (χ0n) is 13.2. The van der Waals surface area contributed by atoms with Gasteiger partial charge in [-0.2, -0.15) is 0 Å². The van der Waals surface area contributed by atoms with Gasteiger partial charge in [0.1, 0.15) is 23.7 Å². The first-order valence-corrected chi connectivity index (χ1v) is 7.69. The Hall–Kier alpha value is -2.57. The lowest BCUT2D eigenvalue weighted by atomic mass is 9.88. The van der Waals surface area contributed by atoms with Gasteiger partial charge in [-0.05, 0) is 30.9 Å². The maximum absolute atomic E-state index is 13.9. The first-order valence-electron chi connectivity index (χ1n) is 7.69. The van der Waals surface area contributed by atoms with Crippen LogP contribution in [-0.2, 0) is 0 Å². The van der Waals surface area contributed by atoms with Crippen LogP contribution < -0.4 is 4.74 Å². The Bertz CT molecular complexity index is 726. The van der Waals surface area contributed by atoms with E-state index in [0.717, 1.165) is 0 Å². The van der Waals surface area contributed by atoms with Crippen LogP contribution in [0, 0.1) is 11.6 Å². The minimum Gasteiger partial charge on any atom is -0.481 e. The molecule has 0 bridgehead atoms. The van der Waals surface area contributed by atoms with Crippen molar-refractivity contribution in [1.29, 1.82) is 0 Å². The van der Waals surface area contributed by atoms with E-state index in [1.54, 1.807) is 4.90 Å². The molecule has 0 radical (unpaired) electrons. The minimum atomic E-state index is -0.527. The Morgan fingerprint density at radius 3 is 2.50 bits per heavy atom. The van der Waals surface area contributed by atoms with E-state index in [4.69, 9.17) is 4.74 Å². The fourth-order valence-corrected chi connectivity index (χ4v) is 3.00. The number of carbonyl (C=O) groups excluding carboxylic acids is 1. The molecule has 2 aromatic rings. The largest absolute Gasteiger partial charge is 0.481 e. The van der Waals surface area contributed by atoms with Gasteiger partial charge in [-0.25, -0.2) is 18.7 Å². The first kappa shape index (κ1) is 16.3. The average molecular weight is 333 g/mol. The summed E-state index contributed by atoms with van der Waals surface area (Å²) >= 11 is 0. The summed E-state index contributed by atoms with van der Waals surface area (Å²) in [5, 5.41) is 0. The summed E-state index contributed by atoms with van der Waals surface area (Å²) in [7, 11) is 1.46. The van der Waals surface area contributed by atoms with Gasteiger partial charge in [-0.1, -0.05) is 6.07 Å². The first-order chi connectivity index (χ1) is 11.6. The zero-order chi connectivity index (χ0) is 17.1. The number of rotatable bonds is 3. The predicted molar refractivity (Wildman–Crippen MR) is 82.8 cm³/mol. The number of methoxy groups -OCH3 is 1. The smallest absolute Gasteiger partial charge is 0.272 e. The van der Waals surface area contributed by atoms with Crippen LogP contribution in [0.5, 0.6) is 5.88 Å². The van der Waals surface area contributed by atoms with Crippen LogP contribution in [0.1, 0.15) is 34.8 Å². The Kier molecular flexibility index (Phi) is 4.69. The molecule has 1 aliphatic rings. The van der Waals surface area contributed by atoms with Gasteiger partial charge in [0.2, 0.25) is 5.88 Å². The quantitative estimate of drug-likeness (QED) is 0.867. The van der Waals surface area contributed by atoms with Crippen LogP contribution in [-0.4, -0.2) is 41.0 Å². The lowest BCUT2D eigenvalue weighted by molar-refractivity contribution is 0.0705. The van der Waals surface area contributed by atoms with Crippen LogP contribution in [0.25, 0.3) is 0 Å². The number of likely N-dealkylation sites (tertiary alicyclic amines) is 1.